The van der Waals surface area contributed by atoms with Crippen LogP contribution in [0.15, 0.2) is 0 Å². The second-order valence-corrected chi connectivity index (χ2v) is 7.32. The van der Waals surface area contributed by atoms with E-state index >= 15 is 0 Å². The molecule has 1 amide bonds. The Kier molecular flexibility index (Phi) is 4.18. The van der Waals surface area contributed by atoms with Crippen molar-refractivity contribution in [3.8, 4) is 0 Å². The van der Waals surface area contributed by atoms with Crippen molar-refractivity contribution >= 4 is 18.3 Å². The second kappa shape index (κ2) is 5.25. The smallest absolute Gasteiger partial charge is 0.226 e. The highest BCUT2D eigenvalue weighted by Gasteiger charge is 2.52. The van der Waals surface area contributed by atoms with E-state index < -0.39 is 0 Å². The van der Waals surface area contributed by atoms with Gasteiger partial charge in [-0.25, -0.2) is 0 Å². The molecule has 19 heavy (non-hydrogen) atoms. The summed E-state index contributed by atoms with van der Waals surface area (Å²) < 4.78 is 0. The summed E-state index contributed by atoms with van der Waals surface area (Å²) >= 11 is 0. The minimum atomic E-state index is 0. The van der Waals surface area contributed by atoms with E-state index in [0.717, 1.165) is 19.5 Å². The Morgan fingerprint density at radius 2 is 1.63 bits per heavy atom. The second-order valence-electron chi connectivity index (χ2n) is 7.32. The van der Waals surface area contributed by atoms with E-state index in [-0.39, 0.29) is 17.8 Å². The van der Waals surface area contributed by atoms with Gasteiger partial charge in [-0.1, -0.05) is 13.8 Å². The van der Waals surface area contributed by atoms with Gasteiger partial charge in [0.15, 0.2) is 0 Å². The summed E-state index contributed by atoms with van der Waals surface area (Å²) in [6, 6.07) is 0. The predicted molar refractivity (Wildman–Crippen MR) is 79.5 cm³/mol. The number of piperidine rings is 2. The number of carbonyl (C=O) groups is 1. The van der Waals surface area contributed by atoms with Gasteiger partial charge in [-0.05, 0) is 56.0 Å². The molecule has 1 N–H and O–H groups in total. The molecule has 1 atom stereocenters. The van der Waals surface area contributed by atoms with Gasteiger partial charge in [0.1, 0.15) is 0 Å². The van der Waals surface area contributed by atoms with Crippen LogP contribution >= 0.6 is 12.4 Å². The SMILES string of the molecule is CC1(C)CC1C(=O)N1CCC2(CCNCC2)CC1.Cl. The number of amides is 1. The topological polar surface area (TPSA) is 32.3 Å². The number of carbonyl (C=O) groups excluding carboxylic acids is 1. The molecule has 0 radical (unpaired) electrons. The van der Waals surface area contributed by atoms with Crippen molar-refractivity contribution in [1.82, 2.24) is 10.2 Å². The van der Waals surface area contributed by atoms with Crippen molar-refractivity contribution in [3.63, 3.8) is 0 Å². The molecule has 0 aromatic carbocycles. The molecule has 0 aromatic rings. The van der Waals surface area contributed by atoms with E-state index in [1.54, 1.807) is 0 Å². The van der Waals surface area contributed by atoms with Crippen LogP contribution in [0.25, 0.3) is 0 Å². The van der Waals surface area contributed by atoms with Crippen LogP contribution in [0.3, 0.4) is 0 Å². The molecule has 1 aliphatic carbocycles. The van der Waals surface area contributed by atoms with Crippen molar-refractivity contribution in [2.24, 2.45) is 16.7 Å². The van der Waals surface area contributed by atoms with Crippen LogP contribution in [0.2, 0.25) is 0 Å². The van der Waals surface area contributed by atoms with Crippen molar-refractivity contribution < 1.29 is 4.79 Å². The molecule has 2 saturated heterocycles. The molecule has 3 aliphatic rings. The molecule has 3 fully saturated rings. The molecule has 2 heterocycles. The third-order valence-corrected chi connectivity index (χ3v) is 5.61. The summed E-state index contributed by atoms with van der Waals surface area (Å²) in [4.78, 5) is 14.5. The van der Waals surface area contributed by atoms with E-state index in [0.29, 0.717) is 17.2 Å². The van der Waals surface area contributed by atoms with Crippen LogP contribution in [0, 0.1) is 16.7 Å². The lowest BCUT2D eigenvalue weighted by molar-refractivity contribution is -0.136. The molecule has 1 saturated carbocycles. The number of hydrogen-bond donors (Lipinski definition) is 1. The Morgan fingerprint density at radius 3 is 2.11 bits per heavy atom. The number of likely N-dealkylation sites (tertiary alicyclic amines) is 1. The average molecular weight is 287 g/mol. The molecule has 0 aromatic heterocycles. The lowest BCUT2D eigenvalue weighted by Crippen LogP contribution is -2.47. The van der Waals surface area contributed by atoms with Crippen LogP contribution in [0.4, 0.5) is 0 Å². The first-order valence-electron chi connectivity index (χ1n) is 7.52. The van der Waals surface area contributed by atoms with Gasteiger partial charge in [0.25, 0.3) is 0 Å². The van der Waals surface area contributed by atoms with Gasteiger partial charge in [0.2, 0.25) is 5.91 Å². The Hall–Kier alpha value is -0.280. The highest BCUT2D eigenvalue weighted by molar-refractivity contribution is 5.85. The van der Waals surface area contributed by atoms with E-state index in [1.807, 2.05) is 0 Å². The fraction of sp³-hybridized carbons (Fsp3) is 0.933. The maximum Gasteiger partial charge on any atom is 0.226 e. The van der Waals surface area contributed by atoms with Crippen LogP contribution in [0.1, 0.15) is 46.0 Å². The molecule has 0 bridgehead atoms. The van der Waals surface area contributed by atoms with Gasteiger partial charge >= 0.3 is 0 Å². The summed E-state index contributed by atoms with van der Waals surface area (Å²) in [5, 5.41) is 3.45. The molecule has 1 unspecified atom stereocenters. The summed E-state index contributed by atoms with van der Waals surface area (Å²) in [5.41, 5.74) is 0.835. The van der Waals surface area contributed by atoms with Gasteiger partial charge in [0, 0.05) is 19.0 Å². The third kappa shape index (κ3) is 2.92. The average Bonchev–Trinajstić information content (AvgIpc) is 3.00. The van der Waals surface area contributed by atoms with Crippen LogP contribution in [-0.2, 0) is 4.79 Å². The zero-order valence-electron chi connectivity index (χ0n) is 12.2. The third-order valence-electron chi connectivity index (χ3n) is 5.61. The van der Waals surface area contributed by atoms with E-state index in [9.17, 15) is 4.79 Å². The minimum absolute atomic E-state index is 0. The lowest BCUT2D eigenvalue weighted by atomic mass is 9.71. The van der Waals surface area contributed by atoms with Gasteiger partial charge in [-0.3, -0.25) is 4.79 Å². The van der Waals surface area contributed by atoms with Gasteiger partial charge in [-0.15, -0.1) is 12.4 Å². The minimum Gasteiger partial charge on any atom is -0.342 e. The first-order chi connectivity index (χ1) is 8.53. The number of nitrogens with zero attached hydrogens (tertiary/aromatic N) is 1. The fourth-order valence-electron chi connectivity index (χ4n) is 3.77. The van der Waals surface area contributed by atoms with Crippen molar-refractivity contribution in [2.75, 3.05) is 26.2 Å². The predicted octanol–water partition coefficient (Wildman–Crippen LogP) is 2.45. The van der Waals surface area contributed by atoms with Gasteiger partial charge in [0.05, 0.1) is 0 Å². The quantitative estimate of drug-likeness (QED) is 0.803. The van der Waals surface area contributed by atoms with Crippen LogP contribution < -0.4 is 5.32 Å². The molecule has 3 nitrogen and oxygen atoms in total. The maximum atomic E-state index is 12.4. The zero-order valence-corrected chi connectivity index (χ0v) is 13.0. The summed E-state index contributed by atoms with van der Waals surface area (Å²) in [7, 11) is 0. The highest BCUT2D eigenvalue weighted by atomic mass is 35.5. The maximum absolute atomic E-state index is 12.4. The Balaban J connectivity index is 0.00000133. The van der Waals surface area contributed by atoms with Crippen LogP contribution in [0.5, 0.6) is 0 Å². The van der Waals surface area contributed by atoms with E-state index in [4.69, 9.17) is 0 Å². The zero-order chi connectivity index (χ0) is 12.8. The summed E-state index contributed by atoms with van der Waals surface area (Å²) in [5.74, 6) is 0.753. The molecule has 4 heteroatoms. The number of rotatable bonds is 1. The number of hydrogen-bond acceptors (Lipinski definition) is 2. The highest BCUT2D eigenvalue weighted by Crippen LogP contribution is 2.53. The van der Waals surface area contributed by atoms with Gasteiger partial charge < -0.3 is 10.2 Å². The molecular formula is C15H27ClN2O. The first-order valence-corrected chi connectivity index (χ1v) is 7.52. The lowest BCUT2D eigenvalue weighted by Gasteiger charge is -2.44. The Labute approximate surface area is 122 Å². The number of nitrogens with one attached hydrogen (secondary N) is 1. The van der Waals surface area contributed by atoms with E-state index in [2.05, 4.69) is 24.1 Å². The standard InChI is InChI=1S/C15H26N2O.ClH/c1-14(2)11-12(14)13(18)17-9-5-15(6-10-17)3-7-16-8-4-15;/h12,16H,3-11H2,1-2H3;1H. The summed E-state index contributed by atoms with van der Waals surface area (Å²) in [6.07, 6.45) is 6.17. The fourth-order valence-corrected chi connectivity index (χ4v) is 3.77. The van der Waals surface area contributed by atoms with Gasteiger partial charge in [-0.2, -0.15) is 0 Å². The molecule has 1 spiro atoms. The van der Waals surface area contributed by atoms with Crippen molar-refractivity contribution in [2.45, 2.75) is 46.0 Å². The monoisotopic (exact) mass is 286 g/mol. The summed E-state index contributed by atoms with van der Waals surface area (Å²) in [6.45, 7) is 8.78. The molecule has 110 valence electrons. The van der Waals surface area contributed by atoms with Crippen molar-refractivity contribution in [1.29, 1.82) is 0 Å². The normalized spacial score (nSPS) is 31.7. The molecule has 2 aliphatic heterocycles. The Morgan fingerprint density at radius 1 is 1.11 bits per heavy atom. The Bertz CT molecular complexity index is 340. The molecule has 3 rings (SSSR count). The number of halogens is 1. The largest absolute Gasteiger partial charge is 0.342 e. The van der Waals surface area contributed by atoms with Crippen LogP contribution in [-0.4, -0.2) is 37.0 Å². The van der Waals surface area contributed by atoms with Crippen molar-refractivity contribution in [3.05, 3.63) is 0 Å². The molecular weight excluding hydrogens is 260 g/mol. The van der Waals surface area contributed by atoms with E-state index in [1.165, 1.54) is 38.8 Å². The first kappa shape index (κ1) is 15.1.